The molecule has 0 bridgehead atoms. The Labute approximate surface area is 109 Å². The molecule has 0 atom stereocenters. The molecule has 3 nitrogen and oxygen atoms in total. The molecule has 94 valence electrons. The van der Waals surface area contributed by atoms with Crippen LogP contribution in [-0.4, -0.2) is 16.4 Å². The summed E-state index contributed by atoms with van der Waals surface area (Å²) >= 11 is 6.27. The third-order valence-electron chi connectivity index (χ3n) is 3.04. The van der Waals surface area contributed by atoms with E-state index in [-0.39, 0.29) is 5.82 Å². The summed E-state index contributed by atoms with van der Waals surface area (Å²) in [4.78, 5) is 0. The number of hydrogen-bond acceptors (Lipinski definition) is 2. The predicted octanol–water partition coefficient (Wildman–Crippen LogP) is 2.80. The summed E-state index contributed by atoms with van der Waals surface area (Å²) < 4.78 is 19.9. The Morgan fingerprint density at radius 2 is 2.11 bits per heavy atom. The van der Waals surface area contributed by atoms with E-state index in [4.69, 9.17) is 16.3 Å². The minimum atomic E-state index is -0.238. The van der Waals surface area contributed by atoms with Crippen LogP contribution in [0.5, 0.6) is 0 Å². The highest BCUT2D eigenvalue weighted by Crippen LogP contribution is 2.25. The van der Waals surface area contributed by atoms with Gasteiger partial charge < -0.3 is 4.74 Å². The van der Waals surface area contributed by atoms with Gasteiger partial charge in [0.05, 0.1) is 25.5 Å². The summed E-state index contributed by atoms with van der Waals surface area (Å²) in [6.07, 6.45) is 0.797. The first-order valence-corrected chi connectivity index (χ1v) is 6.18. The summed E-state index contributed by atoms with van der Waals surface area (Å²) in [6, 6.07) is 6.36. The van der Waals surface area contributed by atoms with Crippen LogP contribution in [-0.2, 0) is 24.3 Å². The van der Waals surface area contributed by atoms with Gasteiger partial charge in [0.25, 0.3) is 0 Å². The standard InChI is InChI=1S/C13H12ClFN2O/c14-13-11-8-18-6-5-12(11)16-17(13)7-9-1-3-10(15)4-2-9/h1-4H,5-8H2. The number of benzene rings is 1. The third-order valence-corrected chi connectivity index (χ3v) is 3.46. The van der Waals surface area contributed by atoms with Gasteiger partial charge in [-0.15, -0.1) is 0 Å². The molecular formula is C13H12ClFN2O. The van der Waals surface area contributed by atoms with Gasteiger partial charge in [-0.3, -0.25) is 0 Å². The highest BCUT2D eigenvalue weighted by atomic mass is 35.5. The van der Waals surface area contributed by atoms with E-state index >= 15 is 0 Å². The van der Waals surface area contributed by atoms with Gasteiger partial charge >= 0.3 is 0 Å². The van der Waals surface area contributed by atoms with Gasteiger partial charge in [0.15, 0.2) is 0 Å². The third kappa shape index (κ3) is 2.13. The molecule has 0 saturated carbocycles. The largest absolute Gasteiger partial charge is 0.376 e. The van der Waals surface area contributed by atoms with Crippen LogP contribution in [0.2, 0.25) is 5.15 Å². The van der Waals surface area contributed by atoms with Gasteiger partial charge in [-0.2, -0.15) is 5.10 Å². The first kappa shape index (κ1) is 11.7. The van der Waals surface area contributed by atoms with Crippen molar-refractivity contribution in [1.29, 1.82) is 0 Å². The van der Waals surface area contributed by atoms with Crippen LogP contribution >= 0.6 is 11.6 Å². The Hall–Kier alpha value is -1.39. The van der Waals surface area contributed by atoms with Crippen molar-refractivity contribution in [2.24, 2.45) is 0 Å². The van der Waals surface area contributed by atoms with Crippen molar-refractivity contribution in [2.45, 2.75) is 19.6 Å². The maximum Gasteiger partial charge on any atom is 0.133 e. The average Bonchev–Trinajstić information content (AvgIpc) is 2.70. The van der Waals surface area contributed by atoms with Crippen molar-refractivity contribution >= 4 is 11.6 Å². The summed E-state index contributed by atoms with van der Waals surface area (Å²) in [7, 11) is 0. The van der Waals surface area contributed by atoms with E-state index in [1.807, 2.05) is 0 Å². The van der Waals surface area contributed by atoms with Crippen LogP contribution < -0.4 is 0 Å². The second-order valence-electron chi connectivity index (χ2n) is 4.30. The van der Waals surface area contributed by atoms with Crippen molar-refractivity contribution in [3.63, 3.8) is 0 Å². The normalized spacial score (nSPS) is 14.6. The maximum absolute atomic E-state index is 12.8. The van der Waals surface area contributed by atoms with Crippen molar-refractivity contribution in [1.82, 2.24) is 9.78 Å². The van der Waals surface area contributed by atoms with E-state index in [0.717, 1.165) is 23.2 Å². The van der Waals surface area contributed by atoms with Crippen LogP contribution in [0.4, 0.5) is 4.39 Å². The molecule has 3 rings (SSSR count). The van der Waals surface area contributed by atoms with E-state index in [9.17, 15) is 4.39 Å². The molecular weight excluding hydrogens is 255 g/mol. The molecule has 5 heteroatoms. The van der Waals surface area contributed by atoms with Crippen LogP contribution in [0.3, 0.4) is 0 Å². The second kappa shape index (κ2) is 4.71. The lowest BCUT2D eigenvalue weighted by Crippen LogP contribution is -2.08. The fourth-order valence-corrected chi connectivity index (χ4v) is 2.34. The number of hydrogen-bond donors (Lipinski definition) is 0. The Bertz CT molecular complexity index is 565. The molecule has 0 spiro atoms. The molecule has 2 heterocycles. The first-order chi connectivity index (χ1) is 8.74. The second-order valence-corrected chi connectivity index (χ2v) is 4.66. The number of fused-ring (bicyclic) bond motifs is 1. The number of halogens is 2. The van der Waals surface area contributed by atoms with Gasteiger partial charge in [-0.25, -0.2) is 9.07 Å². The zero-order valence-corrected chi connectivity index (χ0v) is 10.5. The lowest BCUT2D eigenvalue weighted by Gasteiger charge is -2.09. The summed E-state index contributed by atoms with van der Waals surface area (Å²) in [5, 5.41) is 5.10. The fraction of sp³-hybridized carbons (Fsp3) is 0.308. The summed E-state index contributed by atoms with van der Waals surface area (Å²) in [5.74, 6) is -0.238. The molecule has 0 N–H and O–H groups in total. The van der Waals surface area contributed by atoms with Crippen molar-refractivity contribution in [3.05, 3.63) is 52.1 Å². The fourth-order valence-electron chi connectivity index (χ4n) is 2.08. The Kier molecular flexibility index (Phi) is 3.06. The van der Waals surface area contributed by atoms with E-state index < -0.39 is 0 Å². The molecule has 0 radical (unpaired) electrons. The molecule has 0 aliphatic carbocycles. The lowest BCUT2D eigenvalue weighted by molar-refractivity contribution is 0.110. The molecule has 1 aromatic carbocycles. The van der Waals surface area contributed by atoms with Gasteiger partial charge in [0.1, 0.15) is 11.0 Å². The van der Waals surface area contributed by atoms with Crippen LogP contribution in [0.1, 0.15) is 16.8 Å². The summed E-state index contributed by atoms with van der Waals surface area (Å²) in [5.41, 5.74) is 2.96. The number of nitrogens with zero attached hydrogens (tertiary/aromatic N) is 2. The minimum absolute atomic E-state index is 0.238. The topological polar surface area (TPSA) is 27.1 Å². The lowest BCUT2D eigenvalue weighted by atomic mass is 10.2. The van der Waals surface area contributed by atoms with Gasteiger partial charge in [-0.05, 0) is 17.7 Å². The highest BCUT2D eigenvalue weighted by molar-refractivity contribution is 6.30. The zero-order chi connectivity index (χ0) is 12.5. The SMILES string of the molecule is Fc1ccc(Cn2nc3c(c2Cl)COCC3)cc1. The van der Waals surface area contributed by atoms with Crippen LogP contribution in [0, 0.1) is 5.82 Å². The number of ether oxygens (including phenoxy) is 1. The zero-order valence-electron chi connectivity index (χ0n) is 9.70. The molecule has 18 heavy (non-hydrogen) atoms. The monoisotopic (exact) mass is 266 g/mol. The van der Waals surface area contributed by atoms with Gasteiger partial charge in [0.2, 0.25) is 0 Å². The number of aromatic nitrogens is 2. The molecule has 1 aromatic heterocycles. The van der Waals surface area contributed by atoms with Crippen LogP contribution in [0.15, 0.2) is 24.3 Å². The maximum atomic E-state index is 12.8. The van der Waals surface area contributed by atoms with Crippen molar-refractivity contribution < 1.29 is 9.13 Å². The Morgan fingerprint density at radius 1 is 1.33 bits per heavy atom. The van der Waals surface area contributed by atoms with E-state index in [1.165, 1.54) is 12.1 Å². The molecule has 2 aromatic rings. The highest BCUT2D eigenvalue weighted by Gasteiger charge is 2.19. The number of rotatable bonds is 2. The molecule has 1 aliphatic rings. The first-order valence-electron chi connectivity index (χ1n) is 5.80. The summed E-state index contributed by atoms with van der Waals surface area (Å²) in [6.45, 7) is 1.76. The quantitative estimate of drug-likeness (QED) is 0.836. The average molecular weight is 267 g/mol. The molecule has 0 saturated heterocycles. The molecule has 1 aliphatic heterocycles. The minimum Gasteiger partial charge on any atom is -0.376 e. The predicted molar refractivity (Wildman–Crippen MR) is 66.1 cm³/mol. The van der Waals surface area contributed by atoms with E-state index in [2.05, 4.69) is 5.10 Å². The van der Waals surface area contributed by atoms with E-state index in [1.54, 1.807) is 16.8 Å². The molecule has 0 fully saturated rings. The van der Waals surface area contributed by atoms with Crippen molar-refractivity contribution in [3.8, 4) is 0 Å². The smallest absolute Gasteiger partial charge is 0.133 e. The van der Waals surface area contributed by atoms with Crippen LogP contribution in [0.25, 0.3) is 0 Å². The van der Waals surface area contributed by atoms with Crippen molar-refractivity contribution in [2.75, 3.05) is 6.61 Å². The van der Waals surface area contributed by atoms with Gasteiger partial charge in [0, 0.05) is 12.0 Å². The Balaban J connectivity index is 1.88. The van der Waals surface area contributed by atoms with E-state index in [0.29, 0.717) is 24.9 Å². The molecule has 0 amide bonds. The molecule has 0 unspecified atom stereocenters. The Morgan fingerprint density at radius 3 is 2.83 bits per heavy atom. The van der Waals surface area contributed by atoms with Gasteiger partial charge in [-0.1, -0.05) is 23.7 Å².